The highest BCUT2D eigenvalue weighted by atomic mass is 16.2. The molecule has 1 saturated carbocycles. The molecule has 1 fully saturated rings. The number of hydrogen-bond donors (Lipinski definition) is 1. The number of benzene rings is 2. The molecule has 0 bridgehead atoms. The molecule has 0 spiro atoms. The van der Waals surface area contributed by atoms with E-state index in [1.807, 2.05) is 54.6 Å². The van der Waals surface area contributed by atoms with Crippen LogP contribution in [0.4, 0.5) is 11.5 Å². The molecule has 5 heteroatoms. The van der Waals surface area contributed by atoms with Gasteiger partial charge in [-0.2, -0.15) is 0 Å². The van der Waals surface area contributed by atoms with Gasteiger partial charge in [-0.3, -0.25) is 4.79 Å². The van der Waals surface area contributed by atoms with Crippen LogP contribution in [0.1, 0.15) is 28.9 Å². The lowest BCUT2D eigenvalue weighted by atomic mass is 10.2. The fourth-order valence-electron chi connectivity index (χ4n) is 2.76. The Hall–Kier alpha value is -3.21. The van der Waals surface area contributed by atoms with Crippen LogP contribution in [0.5, 0.6) is 0 Å². The molecule has 0 radical (unpaired) electrons. The fourth-order valence-corrected chi connectivity index (χ4v) is 2.76. The predicted molar refractivity (Wildman–Crippen MR) is 101 cm³/mol. The summed E-state index contributed by atoms with van der Waals surface area (Å²) < 4.78 is 0. The van der Waals surface area contributed by atoms with Crippen molar-refractivity contribution >= 4 is 17.4 Å². The lowest BCUT2D eigenvalue weighted by molar-refractivity contribution is 0.0945. The lowest BCUT2D eigenvalue weighted by Crippen LogP contribution is -2.27. The molecular weight excluding hydrogens is 324 g/mol. The average molecular weight is 344 g/mol. The van der Waals surface area contributed by atoms with Crippen molar-refractivity contribution in [1.29, 1.82) is 0 Å². The predicted octanol–water partition coefficient (Wildman–Crippen LogP) is 3.71. The van der Waals surface area contributed by atoms with Crippen molar-refractivity contribution in [3.8, 4) is 0 Å². The second-order valence-electron chi connectivity index (χ2n) is 6.43. The maximum atomic E-state index is 12.1. The van der Waals surface area contributed by atoms with Gasteiger partial charge in [-0.15, -0.1) is 10.2 Å². The summed E-state index contributed by atoms with van der Waals surface area (Å²) in [6, 6.07) is 24.2. The van der Waals surface area contributed by atoms with E-state index in [1.165, 1.54) is 5.56 Å². The van der Waals surface area contributed by atoms with Gasteiger partial charge in [-0.1, -0.05) is 48.5 Å². The van der Waals surface area contributed by atoms with Crippen molar-refractivity contribution in [3.63, 3.8) is 0 Å². The number of amides is 1. The molecule has 1 amide bonds. The van der Waals surface area contributed by atoms with Crippen LogP contribution in [-0.2, 0) is 6.54 Å². The molecule has 1 aliphatic rings. The normalized spacial score (nSPS) is 13.2. The third-order valence-electron chi connectivity index (χ3n) is 4.32. The molecular formula is C21H20N4O. The number of rotatable bonds is 6. The minimum absolute atomic E-state index is 0.152. The zero-order chi connectivity index (χ0) is 17.8. The first-order chi connectivity index (χ1) is 12.8. The Morgan fingerprint density at radius 3 is 2.23 bits per heavy atom. The van der Waals surface area contributed by atoms with Gasteiger partial charge in [0, 0.05) is 18.3 Å². The SMILES string of the molecule is O=C(NC1CC1)c1ccc(N(Cc2ccccc2)c2ccccc2)nn1. The molecule has 1 aliphatic carbocycles. The molecule has 4 rings (SSSR count). The Labute approximate surface area is 152 Å². The summed E-state index contributed by atoms with van der Waals surface area (Å²) in [5.41, 5.74) is 2.56. The van der Waals surface area contributed by atoms with Gasteiger partial charge >= 0.3 is 0 Å². The Balaban J connectivity index is 1.59. The minimum atomic E-state index is -0.152. The molecule has 0 saturated heterocycles. The summed E-state index contributed by atoms with van der Waals surface area (Å²) in [7, 11) is 0. The van der Waals surface area contributed by atoms with Gasteiger partial charge in [-0.05, 0) is 42.7 Å². The molecule has 1 heterocycles. The van der Waals surface area contributed by atoms with Crippen molar-refractivity contribution < 1.29 is 4.79 Å². The summed E-state index contributed by atoms with van der Waals surface area (Å²) in [5, 5.41) is 11.4. The summed E-state index contributed by atoms with van der Waals surface area (Å²) in [6.45, 7) is 0.674. The van der Waals surface area contributed by atoms with Gasteiger partial charge in [-0.25, -0.2) is 0 Å². The summed E-state index contributed by atoms with van der Waals surface area (Å²) >= 11 is 0. The van der Waals surface area contributed by atoms with Gasteiger partial charge in [0.2, 0.25) is 0 Å². The highest BCUT2D eigenvalue weighted by Gasteiger charge is 2.24. The van der Waals surface area contributed by atoms with Crippen LogP contribution in [0.15, 0.2) is 72.8 Å². The van der Waals surface area contributed by atoms with E-state index < -0.39 is 0 Å². The molecule has 2 aromatic carbocycles. The molecule has 5 nitrogen and oxygen atoms in total. The molecule has 1 N–H and O–H groups in total. The van der Waals surface area contributed by atoms with Crippen LogP contribution in [0.2, 0.25) is 0 Å². The summed E-state index contributed by atoms with van der Waals surface area (Å²) in [6.07, 6.45) is 2.10. The number of carbonyl (C=O) groups is 1. The topological polar surface area (TPSA) is 58.1 Å². The van der Waals surface area contributed by atoms with Gasteiger partial charge in [0.05, 0.1) is 0 Å². The van der Waals surface area contributed by atoms with E-state index in [9.17, 15) is 4.79 Å². The third kappa shape index (κ3) is 3.88. The number of aromatic nitrogens is 2. The first-order valence-corrected chi connectivity index (χ1v) is 8.81. The van der Waals surface area contributed by atoms with Crippen molar-refractivity contribution in [2.45, 2.75) is 25.4 Å². The number of nitrogens with one attached hydrogen (secondary N) is 1. The first kappa shape index (κ1) is 16.3. The minimum Gasteiger partial charge on any atom is -0.348 e. The Morgan fingerprint density at radius 1 is 0.923 bits per heavy atom. The van der Waals surface area contributed by atoms with E-state index in [2.05, 4.69) is 32.5 Å². The van der Waals surface area contributed by atoms with Crippen LogP contribution in [0.3, 0.4) is 0 Å². The number of para-hydroxylation sites is 1. The highest BCUT2D eigenvalue weighted by Crippen LogP contribution is 2.25. The van der Waals surface area contributed by atoms with Gasteiger partial charge in [0.25, 0.3) is 5.91 Å². The molecule has 3 aromatic rings. The van der Waals surface area contributed by atoms with E-state index >= 15 is 0 Å². The van der Waals surface area contributed by atoms with E-state index in [0.29, 0.717) is 24.1 Å². The van der Waals surface area contributed by atoms with Gasteiger partial charge < -0.3 is 10.2 Å². The highest BCUT2D eigenvalue weighted by molar-refractivity contribution is 5.92. The number of carbonyl (C=O) groups excluding carboxylic acids is 1. The number of anilines is 2. The van der Waals surface area contributed by atoms with Crippen molar-refractivity contribution in [2.75, 3.05) is 4.90 Å². The second-order valence-corrected chi connectivity index (χ2v) is 6.43. The van der Waals surface area contributed by atoms with Crippen LogP contribution < -0.4 is 10.2 Å². The zero-order valence-corrected chi connectivity index (χ0v) is 14.4. The van der Waals surface area contributed by atoms with E-state index in [-0.39, 0.29) is 5.91 Å². The number of hydrogen-bond acceptors (Lipinski definition) is 4. The van der Waals surface area contributed by atoms with Crippen LogP contribution in [0.25, 0.3) is 0 Å². The first-order valence-electron chi connectivity index (χ1n) is 8.81. The van der Waals surface area contributed by atoms with Crippen LogP contribution in [-0.4, -0.2) is 22.1 Å². The van der Waals surface area contributed by atoms with Crippen molar-refractivity contribution in [3.05, 3.63) is 84.1 Å². The summed E-state index contributed by atoms with van der Waals surface area (Å²) in [4.78, 5) is 14.2. The second kappa shape index (κ2) is 7.35. The zero-order valence-electron chi connectivity index (χ0n) is 14.4. The van der Waals surface area contributed by atoms with Crippen LogP contribution in [0, 0.1) is 0 Å². The largest absolute Gasteiger partial charge is 0.348 e. The van der Waals surface area contributed by atoms with Gasteiger partial charge in [0.1, 0.15) is 0 Å². The van der Waals surface area contributed by atoms with Crippen molar-refractivity contribution in [1.82, 2.24) is 15.5 Å². The van der Waals surface area contributed by atoms with Crippen molar-refractivity contribution in [2.24, 2.45) is 0 Å². The standard InChI is InChI=1S/C21H20N4O/c26-21(22-17-11-12-17)19-13-14-20(24-23-19)25(18-9-5-2-6-10-18)15-16-7-3-1-4-8-16/h1-10,13-14,17H,11-12,15H2,(H,22,26). The molecule has 0 unspecified atom stereocenters. The third-order valence-corrected chi connectivity index (χ3v) is 4.32. The van der Waals surface area contributed by atoms with E-state index in [1.54, 1.807) is 6.07 Å². The number of nitrogens with zero attached hydrogens (tertiary/aromatic N) is 3. The molecule has 130 valence electrons. The average Bonchev–Trinajstić information content (AvgIpc) is 3.52. The van der Waals surface area contributed by atoms with E-state index in [4.69, 9.17) is 0 Å². The van der Waals surface area contributed by atoms with E-state index in [0.717, 1.165) is 18.5 Å². The molecule has 1 aromatic heterocycles. The quantitative estimate of drug-likeness (QED) is 0.741. The Bertz CT molecular complexity index is 862. The maximum Gasteiger partial charge on any atom is 0.272 e. The van der Waals surface area contributed by atoms with Gasteiger partial charge in [0.15, 0.2) is 11.5 Å². The Morgan fingerprint density at radius 2 is 1.62 bits per heavy atom. The Kier molecular flexibility index (Phi) is 4.60. The maximum absolute atomic E-state index is 12.1. The molecule has 26 heavy (non-hydrogen) atoms. The monoisotopic (exact) mass is 344 g/mol. The smallest absolute Gasteiger partial charge is 0.272 e. The summed E-state index contributed by atoms with van der Waals surface area (Å²) in [5.74, 6) is 0.559. The lowest BCUT2D eigenvalue weighted by Gasteiger charge is -2.23. The fraction of sp³-hybridized carbons (Fsp3) is 0.190. The molecule has 0 atom stereocenters. The van der Waals surface area contributed by atoms with Crippen LogP contribution >= 0.6 is 0 Å². The molecule has 0 aliphatic heterocycles.